The van der Waals surface area contributed by atoms with Crippen LogP contribution in [0.15, 0.2) is 23.4 Å². The van der Waals surface area contributed by atoms with E-state index in [9.17, 15) is 14.0 Å². The van der Waals surface area contributed by atoms with Crippen LogP contribution in [0.4, 0.5) is 20.6 Å². The van der Waals surface area contributed by atoms with E-state index in [1.54, 1.807) is 12.1 Å². The van der Waals surface area contributed by atoms with Crippen molar-refractivity contribution < 1.29 is 23.9 Å². The van der Waals surface area contributed by atoms with E-state index in [2.05, 4.69) is 17.4 Å². The van der Waals surface area contributed by atoms with Crippen LogP contribution < -0.4 is 15.1 Å². The number of rotatable bonds is 4. The van der Waals surface area contributed by atoms with Gasteiger partial charge in [-0.1, -0.05) is 12.1 Å². The molecule has 0 aromatic heterocycles. The van der Waals surface area contributed by atoms with Crippen molar-refractivity contribution >= 4 is 29.1 Å². The lowest BCUT2D eigenvalue weighted by Gasteiger charge is -2.53. The number of hydrogen-bond acceptors (Lipinski definition) is 6. The summed E-state index contributed by atoms with van der Waals surface area (Å²) >= 11 is 0. The number of piperidine rings is 2. The van der Waals surface area contributed by atoms with Crippen molar-refractivity contribution in [2.45, 2.75) is 20.0 Å². The summed E-state index contributed by atoms with van der Waals surface area (Å²) in [5, 5.41) is 15.1. The highest BCUT2D eigenvalue weighted by Crippen LogP contribution is 2.44. The Balaban J connectivity index is 1.46. The van der Waals surface area contributed by atoms with Crippen molar-refractivity contribution in [2.24, 2.45) is 22.9 Å². The highest BCUT2D eigenvalue weighted by molar-refractivity contribution is 5.97. The van der Waals surface area contributed by atoms with Gasteiger partial charge in [0.05, 0.1) is 30.2 Å². The van der Waals surface area contributed by atoms with Gasteiger partial charge in [0, 0.05) is 31.8 Å². The van der Waals surface area contributed by atoms with Crippen LogP contribution in [-0.4, -0.2) is 55.2 Å². The van der Waals surface area contributed by atoms with Gasteiger partial charge in [0.25, 0.3) is 0 Å². The number of nitrogens with one attached hydrogen (secondary N) is 1. The van der Waals surface area contributed by atoms with Gasteiger partial charge in [-0.25, -0.2) is 9.18 Å². The molecule has 2 amide bonds. The third-order valence-electron chi connectivity index (χ3n) is 6.02. The van der Waals surface area contributed by atoms with Crippen LogP contribution in [0.5, 0.6) is 0 Å². The van der Waals surface area contributed by atoms with Crippen LogP contribution >= 0.6 is 0 Å². The Morgan fingerprint density at radius 2 is 2.07 bits per heavy atom. The number of anilines is 2. The lowest BCUT2D eigenvalue weighted by molar-refractivity contribution is -0.119. The second-order valence-corrected chi connectivity index (χ2v) is 7.69. The number of benzene rings is 1. The van der Waals surface area contributed by atoms with Crippen LogP contribution in [0.2, 0.25) is 0 Å². The molecular formula is C19H23FN4O4. The Morgan fingerprint density at radius 1 is 1.36 bits per heavy atom. The number of carbonyl (C=O) groups excluding carboxylic acids is 2. The van der Waals surface area contributed by atoms with Gasteiger partial charge in [-0.3, -0.25) is 9.69 Å². The minimum atomic E-state index is -0.556. The molecule has 28 heavy (non-hydrogen) atoms. The standard InChI is InChI=1S/C19H23FN4O4/c1-10-14-8-23(9-15(10)18(14)22-27)17-4-3-12(5-16(17)20)24-7-13(28-19(24)26)6-21-11(2)25/h3-5,10,13-15,27H,6-9H2,1-2H3,(H,21,25)/t10?,13-,14?,15?/m0/s1. The van der Waals surface area contributed by atoms with Gasteiger partial charge in [0.1, 0.15) is 11.9 Å². The minimum absolute atomic E-state index is 0.144. The summed E-state index contributed by atoms with van der Waals surface area (Å²) in [6.07, 6.45) is -1.02. The minimum Gasteiger partial charge on any atom is -0.442 e. The molecule has 0 radical (unpaired) electrons. The highest BCUT2D eigenvalue weighted by Gasteiger charge is 2.50. The van der Waals surface area contributed by atoms with E-state index in [4.69, 9.17) is 9.94 Å². The van der Waals surface area contributed by atoms with E-state index in [-0.39, 0.29) is 30.8 Å². The summed E-state index contributed by atoms with van der Waals surface area (Å²) in [5.74, 6) is 0.112. The monoisotopic (exact) mass is 390 g/mol. The zero-order valence-corrected chi connectivity index (χ0v) is 15.8. The first kappa shape index (κ1) is 18.5. The number of halogens is 1. The third kappa shape index (κ3) is 3.04. The van der Waals surface area contributed by atoms with Gasteiger partial charge in [-0.2, -0.15) is 0 Å². The lowest BCUT2D eigenvalue weighted by Crippen LogP contribution is -2.61. The SMILES string of the molecule is CC(=O)NC[C@H]1CN(c2ccc(N3CC4C(=NO)C(C3)C4C)c(F)c2)C(=O)O1. The second-order valence-electron chi connectivity index (χ2n) is 7.69. The van der Waals surface area contributed by atoms with Gasteiger partial charge in [-0.15, -0.1) is 0 Å². The summed E-state index contributed by atoms with van der Waals surface area (Å²) < 4.78 is 20.1. The molecule has 2 bridgehead atoms. The molecule has 8 nitrogen and oxygen atoms in total. The number of ether oxygens (including phenoxy) is 1. The van der Waals surface area contributed by atoms with Crippen molar-refractivity contribution in [3.8, 4) is 0 Å². The van der Waals surface area contributed by atoms with Crippen LogP contribution in [-0.2, 0) is 9.53 Å². The predicted octanol–water partition coefficient (Wildman–Crippen LogP) is 1.82. The molecule has 2 unspecified atom stereocenters. The van der Waals surface area contributed by atoms with Crippen LogP contribution in [0.1, 0.15) is 13.8 Å². The summed E-state index contributed by atoms with van der Waals surface area (Å²) in [6, 6.07) is 4.71. The Kier molecular flexibility index (Phi) is 4.60. The number of amides is 2. The van der Waals surface area contributed by atoms with E-state index in [1.807, 2.05) is 4.90 Å². The normalized spacial score (nSPS) is 28.7. The number of hydrogen-bond donors (Lipinski definition) is 2. The third-order valence-corrected chi connectivity index (χ3v) is 6.02. The number of oxime groups is 1. The summed E-state index contributed by atoms with van der Waals surface area (Å²) in [4.78, 5) is 26.4. The summed E-state index contributed by atoms with van der Waals surface area (Å²) in [7, 11) is 0. The van der Waals surface area contributed by atoms with E-state index in [0.717, 1.165) is 5.71 Å². The lowest BCUT2D eigenvalue weighted by atomic mass is 9.60. The molecule has 1 aromatic carbocycles. The fourth-order valence-corrected chi connectivity index (χ4v) is 4.41. The molecule has 3 atom stereocenters. The maximum atomic E-state index is 14.8. The van der Waals surface area contributed by atoms with Crippen molar-refractivity contribution in [3.63, 3.8) is 0 Å². The predicted molar refractivity (Wildman–Crippen MR) is 100 cm³/mol. The number of carbonyl (C=O) groups is 2. The highest BCUT2D eigenvalue weighted by atomic mass is 19.1. The zero-order chi connectivity index (χ0) is 20.0. The van der Waals surface area contributed by atoms with E-state index >= 15 is 0 Å². The molecule has 3 heterocycles. The topological polar surface area (TPSA) is 94.5 Å². The Morgan fingerprint density at radius 3 is 2.68 bits per heavy atom. The quantitative estimate of drug-likeness (QED) is 0.604. The Bertz CT molecular complexity index is 829. The Hall–Kier alpha value is -2.84. The molecule has 150 valence electrons. The average Bonchev–Trinajstić information content (AvgIpc) is 3.05. The number of nitrogens with zero attached hydrogens (tertiary/aromatic N) is 3. The van der Waals surface area contributed by atoms with E-state index < -0.39 is 18.0 Å². The smallest absolute Gasteiger partial charge is 0.414 e. The average molecular weight is 390 g/mol. The molecule has 4 fully saturated rings. The zero-order valence-electron chi connectivity index (χ0n) is 15.8. The number of fused-ring (bicyclic) bond motifs is 2. The molecule has 5 rings (SSSR count). The first-order valence-electron chi connectivity index (χ1n) is 9.38. The van der Waals surface area contributed by atoms with Crippen molar-refractivity contribution in [3.05, 3.63) is 24.0 Å². The molecule has 1 saturated carbocycles. The summed E-state index contributed by atoms with van der Waals surface area (Å²) in [6.45, 7) is 5.21. The van der Waals surface area contributed by atoms with E-state index in [0.29, 0.717) is 30.4 Å². The van der Waals surface area contributed by atoms with Crippen LogP contribution in [0.3, 0.4) is 0 Å². The van der Waals surface area contributed by atoms with Gasteiger partial charge in [-0.05, 0) is 24.1 Å². The number of cyclic esters (lactones) is 1. The molecule has 1 aliphatic carbocycles. The maximum absolute atomic E-state index is 14.8. The van der Waals surface area contributed by atoms with Crippen LogP contribution in [0.25, 0.3) is 0 Å². The van der Waals surface area contributed by atoms with Gasteiger partial charge in [0.15, 0.2) is 0 Å². The fraction of sp³-hybridized carbons (Fsp3) is 0.526. The first-order valence-corrected chi connectivity index (χ1v) is 9.38. The van der Waals surface area contributed by atoms with Gasteiger partial charge >= 0.3 is 6.09 Å². The largest absolute Gasteiger partial charge is 0.442 e. The van der Waals surface area contributed by atoms with Crippen molar-refractivity contribution in [1.29, 1.82) is 0 Å². The molecule has 4 aliphatic rings. The first-order chi connectivity index (χ1) is 13.4. The molecule has 3 aliphatic heterocycles. The molecule has 2 N–H and O–H groups in total. The molecule has 3 saturated heterocycles. The van der Waals surface area contributed by atoms with Crippen molar-refractivity contribution in [2.75, 3.05) is 36.0 Å². The molecule has 0 spiro atoms. The summed E-state index contributed by atoms with van der Waals surface area (Å²) in [5.41, 5.74) is 1.71. The van der Waals surface area contributed by atoms with E-state index in [1.165, 1.54) is 17.9 Å². The van der Waals surface area contributed by atoms with Gasteiger partial charge < -0.3 is 20.2 Å². The Labute approximate surface area is 161 Å². The second kappa shape index (κ2) is 6.96. The molecular weight excluding hydrogens is 367 g/mol. The van der Waals surface area contributed by atoms with Gasteiger partial charge in [0.2, 0.25) is 5.91 Å². The van der Waals surface area contributed by atoms with Crippen molar-refractivity contribution in [1.82, 2.24) is 5.32 Å². The molecule has 9 heteroatoms. The van der Waals surface area contributed by atoms with Crippen LogP contribution in [0, 0.1) is 23.6 Å². The fourth-order valence-electron chi connectivity index (χ4n) is 4.41. The maximum Gasteiger partial charge on any atom is 0.414 e. The molecule has 1 aromatic rings.